The van der Waals surface area contributed by atoms with Crippen LogP contribution in [0.5, 0.6) is 0 Å². The third-order valence-electron chi connectivity index (χ3n) is 3.44. The Morgan fingerprint density at radius 3 is 2.55 bits per heavy atom. The van der Waals surface area contributed by atoms with Gasteiger partial charge in [0.15, 0.2) is 5.88 Å². The van der Waals surface area contributed by atoms with Gasteiger partial charge in [-0.25, -0.2) is 0 Å². The fourth-order valence-electron chi connectivity index (χ4n) is 2.10. The quantitative estimate of drug-likeness (QED) is 0.405. The van der Waals surface area contributed by atoms with Gasteiger partial charge in [0.2, 0.25) is 0 Å². The molecule has 0 amide bonds. The van der Waals surface area contributed by atoms with Crippen LogP contribution in [0, 0.1) is 0 Å². The van der Waals surface area contributed by atoms with Crippen LogP contribution >= 0.6 is 0 Å². The highest BCUT2D eigenvalue weighted by molar-refractivity contribution is 5.78. The Bertz CT molecular complexity index is 321. The van der Waals surface area contributed by atoms with E-state index in [0.717, 1.165) is 44.3 Å². The molecule has 0 heterocycles. The van der Waals surface area contributed by atoms with Crippen molar-refractivity contribution in [3.8, 4) is 0 Å². The van der Waals surface area contributed by atoms with E-state index in [4.69, 9.17) is 20.9 Å². The zero-order valence-electron chi connectivity index (χ0n) is 12.8. The predicted molar refractivity (Wildman–Crippen MR) is 82.7 cm³/mol. The number of hydrogen-bond acceptors (Lipinski definition) is 5. The van der Waals surface area contributed by atoms with Gasteiger partial charge in [-0.1, -0.05) is 6.92 Å². The summed E-state index contributed by atoms with van der Waals surface area (Å²) < 4.78 is 10.8. The summed E-state index contributed by atoms with van der Waals surface area (Å²) in [6, 6.07) is 0.736. The van der Waals surface area contributed by atoms with E-state index in [1.54, 1.807) is 0 Å². The first kappa shape index (κ1) is 17.0. The molecule has 0 aliphatic heterocycles. The molecule has 1 aliphatic rings. The molecule has 0 spiro atoms. The standard InChI is InChI=1S/C15H29N3O2/c1-3-8-19-9-10-20-15(17)12(2)11-18-14-6-4-13(16)5-7-14/h11,13-14H,3-10,16-17H2,1-2H3. The molecule has 0 unspecified atom stereocenters. The Kier molecular flexibility index (Phi) is 8.30. The van der Waals surface area contributed by atoms with E-state index in [9.17, 15) is 0 Å². The Hall–Kier alpha value is -1.07. The number of nitrogens with zero attached hydrogens (tertiary/aromatic N) is 1. The van der Waals surface area contributed by atoms with Crippen LogP contribution in [0.15, 0.2) is 16.4 Å². The maximum Gasteiger partial charge on any atom is 0.188 e. The highest BCUT2D eigenvalue weighted by Gasteiger charge is 2.16. The lowest BCUT2D eigenvalue weighted by Gasteiger charge is -2.22. The van der Waals surface area contributed by atoms with Crippen molar-refractivity contribution in [2.45, 2.75) is 58.0 Å². The molecule has 0 aromatic carbocycles. The topological polar surface area (TPSA) is 82.9 Å². The summed E-state index contributed by atoms with van der Waals surface area (Å²) >= 11 is 0. The number of hydrogen-bond donors (Lipinski definition) is 2. The van der Waals surface area contributed by atoms with Crippen molar-refractivity contribution in [3.05, 3.63) is 11.5 Å². The lowest BCUT2D eigenvalue weighted by Crippen LogP contribution is -2.28. The van der Waals surface area contributed by atoms with Crippen molar-refractivity contribution in [1.82, 2.24) is 0 Å². The maximum absolute atomic E-state index is 5.88. The Labute approximate surface area is 122 Å². The zero-order chi connectivity index (χ0) is 14.8. The first-order valence-corrected chi connectivity index (χ1v) is 7.59. The molecule has 0 atom stereocenters. The van der Waals surface area contributed by atoms with Crippen LogP contribution in [0.2, 0.25) is 0 Å². The lowest BCUT2D eigenvalue weighted by atomic mass is 9.92. The van der Waals surface area contributed by atoms with Crippen molar-refractivity contribution < 1.29 is 9.47 Å². The third-order valence-corrected chi connectivity index (χ3v) is 3.44. The summed E-state index contributed by atoms with van der Waals surface area (Å²) in [5, 5.41) is 0. The molecule has 116 valence electrons. The van der Waals surface area contributed by atoms with Crippen molar-refractivity contribution in [2.24, 2.45) is 16.5 Å². The van der Waals surface area contributed by atoms with E-state index in [1.165, 1.54) is 0 Å². The van der Waals surface area contributed by atoms with Gasteiger partial charge < -0.3 is 20.9 Å². The summed E-state index contributed by atoms with van der Waals surface area (Å²) in [4.78, 5) is 4.57. The number of aliphatic imine (C=N–C) groups is 1. The first-order chi connectivity index (χ1) is 9.63. The second-order valence-corrected chi connectivity index (χ2v) is 5.35. The van der Waals surface area contributed by atoms with Gasteiger partial charge in [-0.05, 0) is 39.0 Å². The number of allylic oxidation sites excluding steroid dienone is 1. The van der Waals surface area contributed by atoms with E-state index >= 15 is 0 Å². The SMILES string of the molecule is CCCOCCOC(N)=C(C)C=NC1CCC(N)CC1. The number of nitrogens with two attached hydrogens (primary N) is 2. The van der Waals surface area contributed by atoms with E-state index in [-0.39, 0.29) is 0 Å². The smallest absolute Gasteiger partial charge is 0.188 e. The fourth-order valence-corrected chi connectivity index (χ4v) is 2.10. The fraction of sp³-hybridized carbons (Fsp3) is 0.800. The van der Waals surface area contributed by atoms with Gasteiger partial charge in [-0.3, -0.25) is 4.99 Å². The number of rotatable bonds is 8. The summed E-state index contributed by atoms with van der Waals surface area (Å²) in [6.45, 7) is 5.81. The molecule has 1 aliphatic carbocycles. The molecule has 1 saturated carbocycles. The molecular weight excluding hydrogens is 254 g/mol. The Morgan fingerprint density at radius 1 is 1.20 bits per heavy atom. The van der Waals surface area contributed by atoms with Gasteiger partial charge in [0.25, 0.3) is 0 Å². The van der Waals surface area contributed by atoms with Gasteiger partial charge in [0.05, 0.1) is 12.6 Å². The van der Waals surface area contributed by atoms with Crippen LogP contribution < -0.4 is 11.5 Å². The first-order valence-electron chi connectivity index (χ1n) is 7.59. The molecule has 1 rings (SSSR count). The minimum absolute atomic E-state index is 0.356. The lowest BCUT2D eigenvalue weighted by molar-refractivity contribution is 0.0749. The van der Waals surface area contributed by atoms with E-state index in [2.05, 4.69) is 11.9 Å². The van der Waals surface area contributed by atoms with Crippen molar-refractivity contribution >= 4 is 6.21 Å². The molecule has 4 N–H and O–H groups in total. The van der Waals surface area contributed by atoms with Crippen LogP contribution in [-0.2, 0) is 9.47 Å². The van der Waals surface area contributed by atoms with Crippen molar-refractivity contribution in [2.75, 3.05) is 19.8 Å². The second-order valence-electron chi connectivity index (χ2n) is 5.35. The second kappa shape index (κ2) is 9.77. The van der Waals surface area contributed by atoms with E-state index in [0.29, 0.717) is 31.2 Å². The average Bonchev–Trinajstić information content (AvgIpc) is 2.46. The zero-order valence-corrected chi connectivity index (χ0v) is 12.8. The van der Waals surface area contributed by atoms with Crippen LogP contribution in [0.4, 0.5) is 0 Å². The van der Waals surface area contributed by atoms with Crippen molar-refractivity contribution in [3.63, 3.8) is 0 Å². The molecule has 5 nitrogen and oxygen atoms in total. The van der Waals surface area contributed by atoms with Crippen LogP contribution in [-0.4, -0.2) is 38.1 Å². The van der Waals surface area contributed by atoms with Crippen LogP contribution in [0.1, 0.15) is 46.0 Å². The molecule has 0 aromatic rings. The maximum atomic E-state index is 5.88. The highest BCUT2D eigenvalue weighted by atomic mass is 16.5. The number of ether oxygens (including phenoxy) is 2. The molecule has 0 saturated heterocycles. The molecule has 0 aromatic heterocycles. The molecular formula is C15H29N3O2. The molecule has 5 heteroatoms. The van der Waals surface area contributed by atoms with Gasteiger partial charge in [-0.2, -0.15) is 0 Å². The third kappa shape index (κ3) is 6.91. The predicted octanol–water partition coefficient (Wildman–Crippen LogP) is 1.96. The van der Waals surface area contributed by atoms with Gasteiger partial charge in [0.1, 0.15) is 6.61 Å². The highest BCUT2D eigenvalue weighted by Crippen LogP contribution is 2.19. The summed E-state index contributed by atoms with van der Waals surface area (Å²) in [5.41, 5.74) is 12.6. The summed E-state index contributed by atoms with van der Waals surface area (Å²) in [5.74, 6) is 0.432. The van der Waals surface area contributed by atoms with Crippen LogP contribution in [0.25, 0.3) is 0 Å². The van der Waals surface area contributed by atoms with Gasteiger partial charge in [-0.15, -0.1) is 0 Å². The van der Waals surface area contributed by atoms with E-state index < -0.39 is 0 Å². The summed E-state index contributed by atoms with van der Waals surface area (Å²) in [6.07, 6.45) is 7.09. The summed E-state index contributed by atoms with van der Waals surface area (Å²) in [7, 11) is 0. The average molecular weight is 283 g/mol. The Balaban J connectivity index is 2.27. The van der Waals surface area contributed by atoms with Gasteiger partial charge in [0, 0.05) is 24.4 Å². The van der Waals surface area contributed by atoms with E-state index in [1.807, 2.05) is 13.1 Å². The minimum Gasteiger partial charge on any atom is -0.477 e. The Morgan fingerprint density at radius 2 is 1.90 bits per heavy atom. The van der Waals surface area contributed by atoms with Crippen molar-refractivity contribution in [1.29, 1.82) is 0 Å². The van der Waals surface area contributed by atoms with Gasteiger partial charge >= 0.3 is 0 Å². The molecule has 1 fully saturated rings. The molecule has 20 heavy (non-hydrogen) atoms. The monoisotopic (exact) mass is 283 g/mol. The molecule has 0 radical (unpaired) electrons. The minimum atomic E-state index is 0.356. The normalized spacial score (nSPS) is 24.8. The van der Waals surface area contributed by atoms with Crippen LogP contribution in [0.3, 0.4) is 0 Å². The largest absolute Gasteiger partial charge is 0.477 e. The molecule has 0 bridgehead atoms.